The summed E-state index contributed by atoms with van der Waals surface area (Å²) in [4.78, 5) is 27.2. The molecule has 1 atom stereocenters. The molecule has 2 amide bonds. The van der Waals surface area contributed by atoms with Crippen LogP contribution >= 0.6 is 11.6 Å². The molecule has 6 heteroatoms. The third kappa shape index (κ3) is 6.77. The predicted molar refractivity (Wildman–Crippen MR) is 121 cm³/mol. The highest BCUT2D eigenvalue weighted by Gasteiger charge is 2.26. The van der Waals surface area contributed by atoms with Crippen molar-refractivity contribution in [2.45, 2.75) is 52.6 Å². The van der Waals surface area contributed by atoms with Crippen LogP contribution in [0.5, 0.6) is 5.75 Å². The number of carbonyl (C=O) groups is 2. The van der Waals surface area contributed by atoms with E-state index < -0.39 is 6.04 Å². The summed E-state index contributed by atoms with van der Waals surface area (Å²) >= 11 is 5.97. The lowest BCUT2D eigenvalue weighted by Crippen LogP contribution is -2.49. The quantitative estimate of drug-likeness (QED) is 0.589. The second-order valence-corrected chi connectivity index (χ2v) is 8.03. The summed E-state index contributed by atoms with van der Waals surface area (Å²) in [5, 5.41) is 3.49. The SMILES string of the molecule is CCCNC(=O)[C@H](C)N(Cc1ccc(Cl)cc1)C(=O)COc1ccccc1C(C)C. The Kier molecular flexibility index (Phi) is 9.18. The summed E-state index contributed by atoms with van der Waals surface area (Å²) in [5.74, 6) is 0.542. The van der Waals surface area contributed by atoms with E-state index in [-0.39, 0.29) is 24.3 Å². The number of amides is 2. The Labute approximate surface area is 184 Å². The molecule has 2 aromatic rings. The predicted octanol–water partition coefficient (Wildman–Crippen LogP) is 4.79. The van der Waals surface area contributed by atoms with Crippen LogP contribution in [0.3, 0.4) is 0 Å². The van der Waals surface area contributed by atoms with Gasteiger partial charge in [0.05, 0.1) is 0 Å². The lowest BCUT2D eigenvalue weighted by atomic mass is 10.0. The standard InChI is InChI=1S/C24H31ClN2O3/c1-5-14-26-24(29)18(4)27(15-19-10-12-20(25)13-11-19)23(28)16-30-22-9-7-6-8-21(22)17(2)3/h6-13,17-18H,5,14-16H2,1-4H3,(H,26,29)/t18-/m0/s1. The van der Waals surface area contributed by atoms with Crippen molar-refractivity contribution in [3.63, 3.8) is 0 Å². The second kappa shape index (κ2) is 11.6. The molecule has 162 valence electrons. The van der Waals surface area contributed by atoms with Gasteiger partial charge in [-0.25, -0.2) is 0 Å². The zero-order valence-corrected chi connectivity index (χ0v) is 18.9. The fourth-order valence-electron chi connectivity index (χ4n) is 3.08. The molecule has 0 saturated carbocycles. The van der Waals surface area contributed by atoms with E-state index in [1.165, 1.54) is 0 Å². The summed E-state index contributed by atoms with van der Waals surface area (Å²) in [7, 11) is 0. The number of ether oxygens (including phenoxy) is 1. The van der Waals surface area contributed by atoms with Gasteiger partial charge in [-0.15, -0.1) is 0 Å². The number of nitrogens with zero attached hydrogens (tertiary/aromatic N) is 1. The Morgan fingerprint density at radius 3 is 2.37 bits per heavy atom. The molecule has 0 unspecified atom stereocenters. The molecule has 0 radical (unpaired) electrons. The molecule has 5 nitrogen and oxygen atoms in total. The maximum atomic E-state index is 13.1. The lowest BCUT2D eigenvalue weighted by molar-refractivity contribution is -0.142. The highest BCUT2D eigenvalue weighted by Crippen LogP contribution is 2.26. The zero-order chi connectivity index (χ0) is 22.1. The Morgan fingerprint density at radius 2 is 1.73 bits per heavy atom. The van der Waals surface area contributed by atoms with Gasteiger partial charge in [0.1, 0.15) is 11.8 Å². The lowest BCUT2D eigenvalue weighted by Gasteiger charge is -2.29. The van der Waals surface area contributed by atoms with Gasteiger partial charge in [0.2, 0.25) is 5.91 Å². The summed E-state index contributed by atoms with van der Waals surface area (Å²) in [5.41, 5.74) is 1.94. The van der Waals surface area contributed by atoms with E-state index in [4.69, 9.17) is 16.3 Å². The molecule has 0 aliphatic rings. The van der Waals surface area contributed by atoms with E-state index in [2.05, 4.69) is 19.2 Å². The Bertz CT molecular complexity index is 837. The van der Waals surface area contributed by atoms with Crippen molar-refractivity contribution in [3.05, 3.63) is 64.7 Å². The number of hydrogen-bond donors (Lipinski definition) is 1. The molecular formula is C24H31ClN2O3. The smallest absolute Gasteiger partial charge is 0.261 e. The van der Waals surface area contributed by atoms with Crippen molar-refractivity contribution in [2.75, 3.05) is 13.2 Å². The number of hydrogen-bond acceptors (Lipinski definition) is 3. The first-order valence-corrected chi connectivity index (χ1v) is 10.7. The average molecular weight is 431 g/mol. The first-order chi connectivity index (χ1) is 14.3. The van der Waals surface area contributed by atoms with Crippen LogP contribution in [0, 0.1) is 0 Å². The van der Waals surface area contributed by atoms with E-state index >= 15 is 0 Å². The van der Waals surface area contributed by atoms with Crippen molar-refractivity contribution >= 4 is 23.4 Å². The van der Waals surface area contributed by atoms with Gasteiger partial charge in [0.15, 0.2) is 6.61 Å². The Hall–Kier alpha value is -2.53. The molecule has 30 heavy (non-hydrogen) atoms. The molecule has 2 rings (SSSR count). The molecule has 0 aliphatic heterocycles. The molecule has 0 spiro atoms. The maximum absolute atomic E-state index is 13.1. The summed E-state index contributed by atoms with van der Waals surface area (Å²) in [6, 6.07) is 14.3. The molecule has 0 heterocycles. The van der Waals surface area contributed by atoms with Crippen molar-refractivity contribution in [2.24, 2.45) is 0 Å². The monoisotopic (exact) mass is 430 g/mol. The normalized spacial score (nSPS) is 11.8. The number of halogens is 1. The maximum Gasteiger partial charge on any atom is 0.261 e. The van der Waals surface area contributed by atoms with Crippen LogP contribution in [-0.4, -0.2) is 35.9 Å². The molecule has 2 aromatic carbocycles. The van der Waals surface area contributed by atoms with Crippen LogP contribution in [0.2, 0.25) is 5.02 Å². The number of para-hydroxylation sites is 1. The van der Waals surface area contributed by atoms with E-state index in [0.717, 1.165) is 17.5 Å². The number of rotatable bonds is 10. The number of benzene rings is 2. The molecule has 1 N–H and O–H groups in total. The summed E-state index contributed by atoms with van der Waals surface area (Å²) in [6.07, 6.45) is 0.832. The highest BCUT2D eigenvalue weighted by molar-refractivity contribution is 6.30. The topological polar surface area (TPSA) is 58.6 Å². The van der Waals surface area contributed by atoms with Gasteiger partial charge in [0.25, 0.3) is 5.91 Å². The van der Waals surface area contributed by atoms with Crippen LogP contribution in [0.15, 0.2) is 48.5 Å². The highest BCUT2D eigenvalue weighted by atomic mass is 35.5. The second-order valence-electron chi connectivity index (χ2n) is 7.60. The van der Waals surface area contributed by atoms with Gasteiger partial charge < -0.3 is 15.0 Å². The van der Waals surface area contributed by atoms with Gasteiger partial charge in [-0.05, 0) is 48.6 Å². The van der Waals surface area contributed by atoms with Crippen LogP contribution in [0.1, 0.15) is 51.2 Å². The fraction of sp³-hybridized carbons (Fsp3) is 0.417. The van der Waals surface area contributed by atoms with Crippen molar-refractivity contribution in [1.82, 2.24) is 10.2 Å². The van der Waals surface area contributed by atoms with Gasteiger partial charge in [-0.3, -0.25) is 9.59 Å². The molecule has 0 aliphatic carbocycles. The third-order valence-corrected chi connectivity index (χ3v) is 5.13. The molecule has 0 fully saturated rings. The van der Waals surface area contributed by atoms with Crippen LogP contribution in [-0.2, 0) is 16.1 Å². The van der Waals surface area contributed by atoms with Crippen molar-refractivity contribution < 1.29 is 14.3 Å². The van der Waals surface area contributed by atoms with Crippen LogP contribution in [0.4, 0.5) is 0 Å². The number of nitrogens with one attached hydrogen (secondary N) is 1. The van der Waals surface area contributed by atoms with E-state index in [1.54, 1.807) is 24.0 Å². The fourth-order valence-corrected chi connectivity index (χ4v) is 3.20. The van der Waals surface area contributed by atoms with E-state index in [1.807, 2.05) is 43.3 Å². The first-order valence-electron chi connectivity index (χ1n) is 10.4. The van der Waals surface area contributed by atoms with E-state index in [9.17, 15) is 9.59 Å². The minimum absolute atomic E-state index is 0.136. The molecule has 0 bridgehead atoms. The minimum Gasteiger partial charge on any atom is -0.483 e. The van der Waals surface area contributed by atoms with Crippen LogP contribution < -0.4 is 10.1 Å². The Morgan fingerprint density at radius 1 is 1.07 bits per heavy atom. The zero-order valence-electron chi connectivity index (χ0n) is 18.2. The average Bonchev–Trinajstić information content (AvgIpc) is 2.75. The first kappa shape index (κ1) is 23.7. The van der Waals surface area contributed by atoms with Gasteiger partial charge >= 0.3 is 0 Å². The van der Waals surface area contributed by atoms with Crippen LogP contribution in [0.25, 0.3) is 0 Å². The van der Waals surface area contributed by atoms with Gasteiger partial charge in [0, 0.05) is 18.1 Å². The molecular weight excluding hydrogens is 400 g/mol. The van der Waals surface area contributed by atoms with Crippen molar-refractivity contribution in [1.29, 1.82) is 0 Å². The minimum atomic E-state index is -0.622. The Balaban J connectivity index is 2.16. The van der Waals surface area contributed by atoms with Gasteiger partial charge in [-0.1, -0.05) is 62.7 Å². The van der Waals surface area contributed by atoms with Gasteiger partial charge in [-0.2, -0.15) is 0 Å². The summed E-state index contributed by atoms with van der Waals surface area (Å²) in [6.45, 7) is 8.62. The molecule has 0 saturated heterocycles. The number of carbonyl (C=O) groups excluding carboxylic acids is 2. The third-order valence-electron chi connectivity index (χ3n) is 4.87. The van der Waals surface area contributed by atoms with Crippen molar-refractivity contribution in [3.8, 4) is 5.75 Å². The summed E-state index contributed by atoms with van der Waals surface area (Å²) < 4.78 is 5.87. The molecule has 0 aromatic heterocycles. The van der Waals surface area contributed by atoms with E-state index in [0.29, 0.717) is 23.9 Å². The largest absolute Gasteiger partial charge is 0.483 e.